The van der Waals surface area contributed by atoms with Gasteiger partial charge in [0.15, 0.2) is 0 Å². The largest absolute Gasteiger partial charge is 0.497 e. The zero-order chi connectivity index (χ0) is 25.2. The van der Waals surface area contributed by atoms with Crippen LogP contribution in [-0.4, -0.2) is 36.4 Å². The molecule has 6 heteroatoms. The molecule has 3 unspecified atom stereocenters. The van der Waals surface area contributed by atoms with Crippen LogP contribution in [0.25, 0.3) is 22.2 Å². The number of H-pyrrole nitrogens is 1. The van der Waals surface area contributed by atoms with E-state index in [0.29, 0.717) is 6.54 Å². The minimum atomic E-state index is -0.274. The molecule has 4 aromatic rings. The van der Waals surface area contributed by atoms with E-state index in [2.05, 4.69) is 46.7 Å². The summed E-state index contributed by atoms with van der Waals surface area (Å²) < 4.78 is 11.5. The molecule has 2 N–H and O–H groups in total. The van der Waals surface area contributed by atoms with Crippen molar-refractivity contribution in [1.82, 2.24) is 10.3 Å². The second-order valence-corrected chi connectivity index (χ2v) is 10.3. The van der Waals surface area contributed by atoms with Crippen molar-refractivity contribution in [2.24, 2.45) is 5.92 Å². The summed E-state index contributed by atoms with van der Waals surface area (Å²) in [4.78, 5) is 18.3. The summed E-state index contributed by atoms with van der Waals surface area (Å²) in [6.07, 6.45) is 8.00. The number of carbonyl (C=O) groups is 1. The summed E-state index contributed by atoms with van der Waals surface area (Å²) in [6.45, 7) is 0.571. The third-order valence-corrected chi connectivity index (χ3v) is 8.11. The first kappa shape index (κ1) is 23.5. The Morgan fingerprint density at radius 2 is 1.78 bits per heavy atom. The van der Waals surface area contributed by atoms with Crippen LogP contribution < -0.4 is 14.8 Å². The fourth-order valence-corrected chi connectivity index (χ4v) is 6.26. The Morgan fingerprint density at radius 1 is 1.00 bits per heavy atom. The number of ether oxygens (including phenoxy) is 2. The van der Waals surface area contributed by atoms with E-state index in [1.54, 1.807) is 18.9 Å². The van der Waals surface area contributed by atoms with Crippen molar-refractivity contribution in [2.45, 2.75) is 16.9 Å². The van der Waals surface area contributed by atoms with Gasteiger partial charge in [0.1, 0.15) is 17.6 Å². The zero-order valence-corrected chi connectivity index (χ0v) is 21.3. The van der Waals surface area contributed by atoms with Crippen LogP contribution in [0.1, 0.15) is 11.5 Å². The molecule has 0 fully saturated rings. The molecular weight excluding hydrogens is 480 g/mol. The highest BCUT2D eigenvalue weighted by atomic mass is 32.2. The first-order chi connectivity index (χ1) is 18.2. The molecule has 0 radical (unpaired) electrons. The summed E-state index contributed by atoms with van der Waals surface area (Å²) in [5.41, 5.74) is 4.24. The second kappa shape index (κ2) is 10.2. The number of aromatic amines is 1. The Balaban J connectivity index is 1.18. The lowest BCUT2D eigenvalue weighted by Crippen LogP contribution is -2.42. The number of benzene rings is 3. The highest BCUT2D eigenvalue weighted by Gasteiger charge is 2.40. The predicted molar refractivity (Wildman–Crippen MR) is 149 cm³/mol. The third-order valence-electron chi connectivity index (χ3n) is 6.99. The van der Waals surface area contributed by atoms with E-state index in [1.807, 2.05) is 60.7 Å². The highest BCUT2D eigenvalue weighted by molar-refractivity contribution is 7.99. The SMILES string of the molecule is COc1ccc(-c2[nH]c3ccccc3c2SCCNC(=O)C2c3ccccc3OC3C=CC=CC32)cc1. The Morgan fingerprint density at radius 3 is 2.65 bits per heavy atom. The van der Waals surface area contributed by atoms with Crippen LogP contribution in [0, 0.1) is 5.92 Å². The van der Waals surface area contributed by atoms with Gasteiger partial charge < -0.3 is 19.8 Å². The average molecular weight is 509 g/mol. The average Bonchev–Trinajstić information content (AvgIpc) is 3.32. The van der Waals surface area contributed by atoms with Gasteiger partial charge in [0.2, 0.25) is 5.91 Å². The van der Waals surface area contributed by atoms with Crippen LogP contribution in [0.3, 0.4) is 0 Å². The fraction of sp³-hybridized carbons (Fsp3) is 0.194. The maximum atomic E-state index is 13.5. The van der Waals surface area contributed by atoms with Gasteiger partial charge in [-0.25, -0.2) is 0 Å². The molecular formula is C31H28N2O3S. The number of para-hydroxylation sites is 2. The molecule has 0 bridgehead atoms. The van der Waals surface area contributed by atoms with Crippen LogP contribution in [-0.2, 0) is 4.79 Å². The Hall–Kier alpha value is -3.90. The summed E-state index contributed by atoms with van der Waals surface area (Å²) in [5, 5.41) is 4.40. The minimum Gasteiger partial charge on any atom is -0.497 e. The second-order valence-electron chi connectivity index (χ2n) is 9.19. The van der Waals surface area contributed by atoms with E-state index in [1.165, 1.54) is 10.3 Å². The number of hydrogen-bond acceptors (Lipinski definition) is 4. The summed E-state index contributed by atoms with van der Waals surface area (Å²) in [6, 6.07) is 24.3. The van der Waals surface area contributed by atoms with Crippen molar-refractivity contribution in [3.8, 4) is 22.8 Å². The number of fused-ring (bicyclic) bond motifs is 3. The monoisotopic (exact) mass is 508 g/mol. The smallest absolute Gasteiger partial charge is 0.228 e. The van der Waals surface area contributed by atoms with Gasteiger partial charge in [-0.15, -0.1) is 11.8 Å². The molecule has 1 aromatic heterocycles. The van der Waals surface area contributed by atoms with E-state index in [9.17, 15) is 4.79 Å². The van der Waals surface area contributed by atoms with Gasteiger partial charge in [-0.2, -0.15) is 0 Å². The number of thioether (sulfide) groups is 1. The van der Waals surface area contributed by atoms with Gasteiger partial charge in [0.25, 0.3) is 0 Å². The Bertz CT molecular complexity index is 1490. The molecule has 37 heavy (non-hydrogen) atoms. The zero-order valence-electron chi connectivity index (χ0n) is 20.5. The molecule has 6 rings (SSSR count). The van der Waals surface area contributed by atoms with Crippen LogP contribution in [0.15, 0.2) is 102 Å². The molecule has 3 aromatic carbocycles. The number of amides is 1. The first-order valence-electron chi connectivity index (χ1n) is 12.5. The van der Waals surface area contributed by atoms with Gasteiger partial charge in [0.05, 0.1) is 18.7 Å². The molecule has 0 spiro atoms. The van der Waals surface area contributed by atoms with Gasteiger partial charge in [-0.1, -0.05) is 54.6 Å². The normalized spacial score (nSPS) is 19.6. The maximum Gasteiger partial charge on any atom is 0.228 e. The molecule has 5 nitrogen and oxygen atoms in total. The van der Waals surface area contributed by atoms with Gasteiger partial charge >= 0.3 is 0 Å². The van der Waals surface area contributed by atoms with Gasteiger partial charge in [-0.3, -0.25) is 4.79 Å². The van der Waals surface area contributed by atoms with Crippen molar-refractivity contribution in [1.29, 1.82) is 0 Å². The van der Waals surface area contributed by atoms with E-state index >= 15 is 0 Å². The van der Waals surface area contributed by atoms with Crippen LogP contribution in [0.5, 0.6) is 11.5 Å². The fourth-order valence-electron chi connectivity index (χ4n) is 5.20. The molecule has 2 heterocycles. The van der Waals surface area contributed by atoms with Crippen LogP contribution in [0.4, 0.5) is 0 Å². The quantitative estimate of drug-likeness (QED) is 0.226. The standard InChI is InChI=1S/C31H28N2O3S/c1-35-21-16-14-20(15-17-21)29-30(22-8-2-5-11-25(22)33-29)37-19-18-32-31(34)28-23-9-3-6-12-26(23)36-27-13-7-4-10-24(27)28/h2-17,23,26,28,33H,18-19H2,1H3,(H,32,34). The Kier molecular flexibility index (Phi) is 6.49. The molecule has 3 atom stereocenters. The van der Waals surface area contributed by atoms with Crippen LogP contribution in [0.2, 0.25) is 0 Å². The molecule has 0 saturated carbocycles. The molecule has 186 valence electrons. The lowest BCUT2D eigenvalue weighted by molar-refractivity contribution is -0.124. The van der Waals surface area contributed by atoms with Crippen molar-refractivity contribution in [2.75, 3.05) is 19.4 Å². The van der Waals surface area contributed by atoms with Gasteiger partial charge in [-0.05, 0) is 48.0 Å². The number of methoxy groups -OCH3 is 1. The van der Waals surface area contributed by atoms with E-state index < -0.39 is 0 Å². The van der Waals surface area contributed by atoms with Crippen molar-refractivity contribution >= 4 is 28.6 Å². The number of rotatable bonds is 7. The van der Waals surface area contributed by atoms with Gasteiger partial charge in [0, 0.05) is 39.6 Å². The number of nitrogens with one attached hydrogen (secondary N) is 2. The highest BCUT2D eigenvalue weighted by Crippen LogP contribution is 2.42. The number of aromatic nitrogens is 1. The summed E-state index contributed by atoms with van der Waals surface area (Å²) in [7, 11) is 1.67. The maximum absolute atomic E-state index is 13.5. The lowest BCUT2D eigenvalue weighted by atomic mass is 9.77. The third kappa shape index (κ3) is 4.53. The number of carbonyl (C=O) groups excluding carboxylic acids is 1. The summed E-state index contributed by atoms with van der Waals surface area (Å²) in [5.74, 6) is 2.14. The van der Waals surface area contributed by atoms with Crippen LogP contribution >= 0.6 is 11.8 Å². The molecule has 2 aliphatic rings. The van der Waals surface area contributed by atoms with Crippen molar-refractivity contribution < 1.29 is 14.3 Å². The lowest BCUT2D eigenvalue weighted by Gasteiger charge is -2.37. The molecule has 1 amide bonds. The minimum absolute atomic E-state index is 0.0113. The molecule has 0 saturated heterocycles. The predicted octanol–water partition coefficient (Wildman–Crippen LogP) is 6.34. The van der Waals surface area contributed by atoms with Crippen molar-refractivity contribution in [3.63, 3.8) is 0 Å². The van der Waals surface area contributed by atoms with E-state index in [0.717, 1.165) is 39.6 Å². The topological polar surface area (TPSA) is 63.3 Å². The van der Waals surface area contributed by atoms with E-state index in [4.69, 9.17) is 9.47 Å². The first-order valence-corrected chi connectivity index (χ1v) is 13.5. The van der Waals surface area contributed by atoms with E-state index in [-0.39, 0.29) is 23.8 Å². The number of allylic oxidation sites excluding steroid dienone is 2. The Labute approximate surface area is 220 Å². The van der Waals surface area contributed by atoms with Crippen molar-refractivity contribution in [3.05, 3.63) is 103 Å². The molecule has 1 aliphatic heterocycles. The summed E-state index contributed by atoms with van der Waals surface area (Å²) >= 11 is 1.76. The number of hydrogen-bond donors (Lipinski definition) is 2. The molecule has 1 aliphatic carbocycles.